The van der Waals surface area contributed by atoms with Crippen LogP contribution in [0, 0.1) is 18.3 Å². The van der Waals surface area contributed by atoms with Gasteiger partial charge in [-0.2, -0.15) is 0 Å². The lowest BCUT2D eigenvalue weighted by molar-refractivity contribution is 0.177. The topological polar surface area (TPSA) is 29.5 Å². The van der Waals surface area contributed by atoms with Crippen LogP contribution in [0.25, 0.3) is 0 Å². The molecule has 0 spiro atoms. The van der Waals surface area contributed by atoms with Gasteiger partial charge in [-0.15, -0.1) is 11.8 Å². The summed E-state index contributed by atoms with van der Waals surface area (Å²) in [5, 5.41) is 12.8. The monoisotopic (exact) mass is 393 g/mol. The first-order valence-electron chi connectivity index (χ1n) is 10.1. The van der Waals surface area contributed by atoms with Gasteiger partial charge in [0.05, 0.1) is 6.10 Å². The van der Waals surface area contributed by atoms with Crippen LogP contribution in [0.15, 0.2) is 60.7 Å². The van der Waals surface area contributed by atoms with Crippen molar-refractivity contribution in [1.82, 2.24) is 0 Å². The van der Waals surface area contributed by atoms with Gasteiger partial charge in [0, 0.05) is 25.9 Å². The van der Waals surface area contributed by atoms with Crippen molar-refractivity contribution in [3.05, 3.63) is 67.1 Å². The van der Waals surface area contributed by atoms with E-state index in [0.717, 1.165) is 6.42 Å². The van der Waals surface area contributed by atoms with Gasteiger partial charge in [0.2, 0.25) is 0 Å². The summed E-state index contributed by atoms with van der Waals surface area (Å²) in [6, 6.07) is 21.2. The number of aliphatic hydroxyl groups is 1. The predicted molar refractivity (Wildman–Crippen MR) is 121 cm³/mol. The molecule has 1 radical (unpaired) electrons. The zero-order valence-electron chi connectivity index (χ0n) is 17.6. The first-order valence-corrected chi connectivity index (χ1v) is 12.0. The molecule has 0 aliphatic carbocycles. The third-order valence-electron chi connectivity index (χ3n) is 4.95. The van der Waals surface area contributed by atoms with Crippen LogP contribution in [-0.4, -0.2) is 26.1 Å². The van der Waals surface area contributed by atoms with Crippen LogP contribution in [0.2, 0.25) is 5.04 Å². The van der Waals surface area contributed by atoms with Crippen molar-refractivity contribution in [2.75, 3.05) is 6.61 Å². The van der Waals surface area contributed by atoms with Gasteiger partial charge < -0.3 is 9.53 Å². The van der Waals surface area contributed by atoms with Crippen LogP contribution < -0.4 is 10.4 Å². The summed E-state index contributed by atoms with van der Waals surface area (Å²) in [4.78, 5) is 0. The van der Waals surface area contributed by atoms with Gasteiger partial charge in [-0.1, -0.05) is 88.4 Å². The highest BCUT2D eigenvalue weighted by Crippen LogP contribution is 2.36. The maximum atomic E-state index is 10.3. The Bertz CT molecular complexity index is 714. The highest BCUT2D eigenvalue weighted by Gasteiger charge is 2.50. The summed E-state index contributed by atoms with van der Waals surface area (Å²) in [5.74, 6) is 6.13. The van der Waals surface area contributed by atoms with Gasteiger partial charge >= 0.3 is 0 Å². The molecule has 0 aliphatic rings. The number of benzene rings is 2. The summed E-state index contributed by atoms with van der Waals surface area (Å²) in [6.45, 7) is 9.24. The quantitative estimate of drug-likeness (QED) is 0.534. The van der Waals surface area contributed by atoms with E-state index in [2.05, 4.69) is 81.1 Å². The Morgan fingerprint density at radius 1 is 0.964 bits per heavy atom. The summed E-state index contributed by atoms with van der Waals surface area (Å²) < 4.78 is 6.75. The molecular formula is C25H33O2Si. The Morgan fingerprint density at radius 3 is 1.96 bits per heavy atom. The lowest BCUT2D eigenvalue weighted by Crippen LogP contribution is -2.66. The second kappa shape index (κ2) is 10.6. The van der Waals surface area contributed by atoms with E-state index in [1.54, 1.807) is 0 Å². The largest absolute Gasteiger partial charge is 0.407 e. The summed E-state index contributed by atoms with van der Waals surface area (Å²) >= 11 is 0. The summed E-state index contributed by atoms with van der Waals surface area (Å²) in [7, 11) is -2.53. The van der Waals surface area contributed by atoms with Crippen LogP contribution >= 0.6 is 0 Å². The minimum atomic E-state index is -2.53. The molecule has 0 bridgehead atoms. The Labute approximate surface area is 172 Å². The third-order valence-corrected chi connectivity index (χ3v) is 9.96. The van der Waals surface area contributed by atoms with Crippen molar-refractivity contribution in [3.8, 4) is 11.8 Å². The fraction of sp³-hybridized carbons (Fsp3) is 0.400. The normalized spacial score (nSPS) is 12.9. The molecule has 2 nitrogen and oxygen atoms in total. The lowest BCUT2D eigenvalue weighted by Gasteiger charge is -2.43. The standard InChI is InChI=1S/C25H33O2Si/c1-5-6-7-10-15-22(26)20-21-27-28(25(2,3)4,23-16-11-8-12-17-23)24-18-13-9-14-19-24/h8-9,11-14,16-20,22,26H,5,10,15,21H2,1-4H3/t22-/m1/s1. The number of hydrogen-bond acceptors (Lipinski definition) is 2. The highest BCUT2D eigenvalue weighted by atomic mass is 28.4. The van der Waals surface area contributed by atoms with E-state index in [0.29, 0.717) is 19.4 Å². The Balaban J connectivity index is 2.24. The molecular weight excluding hydrogens is 360 g/mol. The van der Waals surface area contributed by atoms with Crippen molar-refractivity contribution in [2.24, 2.45) is 0 Å². The van der Waals surface area contributed by atoms with E-state index in [1.807, 2.05) is 25.5 Å². The average molecular weight is 394 g/mol. The first kappa shape index (κ1) is 22.4. The van der Waals surface area contributed by atoms with Gasteiger partial charge in [-0.3, -0.25) is 0 Å². The van der Waals surface area contributed by atoms with E-state index in [1.165, 1.54) is 10.4 Å². The van der Waals surface area contributed by atoms with Crippen LogP contribution in [-0.2, 0) is 4.43 Å². The number of aliphatic hydroxyl groups excluding tert-OH is 1. The maximum Gasteiger partial charge on any atom is 0.261 e. The number of rotatable bonds is 8. The predicted octanol–water partition coefficient (Wildman–Crippen LogP) is 4.32. The Hall–Kier alpha value is -1.86. The molecule has 0 saturated carbocycles. The number of hydrogen-bond donors (Lipinski definition) is 1. The van der Waals surface area contributed by atoms with Gasteiger partial charge in [-0.05, 0) is 21.8 Å². The van der Waals surface area contributed by atoms with Crippen LogP contribution in [0.3, 0.4) is 0 Å². The minimum absolute atomic E-state index is 0.0545. The molecule has 0 fully saturated rings. The molecule has 28 heavy (non-hydrogen) atoms. The summed E-state index contributed by atoms with van der Waals surface area (Å²) in [6.07, 6.45) is 3.61. The van der Waals surface area contributed by atoms with Crippen molar-refractivity contribution in [1.29, 1.82) is 0 Å². The second-order valence-electron chi connectivity index (χ2n) is 8.02. The fourth-order valence-corrected chi connectivity index (χ4v) is 8.10. The molecule has 0 aliphatic heterocycles. The molecule has 2 aromatic rings. The Morgan fingerprint density at radius 2 is 1.50 bits per heavy atom. The zero-order valence-corrected chi connectivity index (χ0v) is 18.6. The second-order valence-corrected chi connectivity index (χ2v) is 12.3. The van der Waals surface area contributed by atoms with E-state index >= 15 is 0 Å². The van der Waals surface area contributed by atoms with E-state index < -0.39 is 14.4 Å². The van der Waals surface area contributed by atoms with Gasteiger partial charge in [0.25, 0.3) is 8.32 Å². The lowest BCUT2D eigenvalue weighted by atomic mass is 10.1. The van der Waals surface area contributed by atoms with Crippen molar-refractivity contribution in [3.63, 3.8) is 0 Å². The van der Waals surface area contributed by atoms with Gasteiger partial charge in [0.1, 0.15) is 0 Å². The van der Waals surface area contributed by atoms with E-state index in [-0.39, 0.29) is 5.04 Å². The molecule has 1 N–H and O–H groups in total. The average Bonchev–Trinajstić information content (AvgIpc) is 2.69. The van der Waals surface area contributed by atoms with Crippen LogP contribution in [0.5, 0.6) is 0 Å². The van der Waals surface area contributed by atoms with E-state index in [4.69, 9.17) is 4.43 Å². The van der Waals surface area contributed by atoms with Crippen molar-refractivity contribution in [2.45, 2.75) is 58.1 Å². The smallest absolute Gasteiger partial charge is 0.261 e. The van der Waals surface area contributed by atoms with Crippen LogP contribution in [0.4, 0.5) is 0 Å². The van der Waals surface area contributed by atoms with Crippen molar-refractivity contribution >= 4 is 18.7 Å². The molecule has 149 valence electrons. The van der Waals surface area contributed by atoms with Gasteiger partial charge in [0.15, 0.2) is 0 Å². The minimum Gasteiger partial charge on any atom is -0.407 e. The fourth-order valence-electron chi connectivity index (χ4n) is 3.60. The molecule has 0 aromatic heterocycles. The zero-order chi connectivity index (χ0) is 20.5. The molecule has 2 rings (SSSR count). The molecule has 0 heterocycles. The molecule has 2 aromatic carbocycles. The molecule has 0 unspecified atom stereocenters. The molecule has 3 heteroatoms. The molecule has 0 saturated heterocycles. The maximum absolute atomic E-state index is 10.3. The third kappa shape index (κ3) is 5.58. The summed E-state index contributed by atoms with van der Waals surface area (Å²) in [5.41, 5.74) is 0. The SMILES string of the molecule is CCC#CCC[C@@H](O)[CH]CO[Si](c1ccccc1)(c1ccccc1)C(C)(C)C. The van der Waals surface area contributed by atoms with Crippen LogP contribution in [0.1, 0.15) is 47.0 Å². The molecule has 0 amide bonds. The molecule has 1 atom stereocenters. The van der Waals surface area contributed by atoms with Crippen molar-refractivity contribution < 1.29 is 9.53 Å². The first-order chi connectivity index (χ1) is 13.4. The van der Waals surface area contributed by atoms with Gasteiger partial charge in [-0.25, -0.2) is 0 Å². The Kier molecular flexibility index (Phi) is 8.50. The van der Waals surface area contributed by atoms with E-state index in [9.17, 15) is 5.11 Å². The highest BCUT2D eigenvalue weighted by molar-refractivity contribution is 6.99.